The molecule has 3 aromatic rings. The van der Waals surface area contributed by atoms with Gasteiger partial charge in [0.25, 0.3) is 15.9 Å². The van der Waals surface area contributed by atoms with E-state index in [0.29, 0.717) is 6.54 Å². The van der Waals surface area contributed by atoms with Gasteiger partial charge in [0.05, 0.1) is 22.2 Å². The van der Waals surface area contributed by atoms with Crippen molar-refractivity contribution in [2.45, 2.75) is 10.9 Å². The monoisotopic (exact) mass is 447 g/mol. The van der Waals surface area contributed by atoms with Crippen molar-refractivity contribution in [3.05, 3.63) is 82.3 Å². The predicted octanol–water partition coefficient (Wildman–Crippen LogP) is 3.72. The van der Waals surface area contributed by atoms with Gasteiger partial charge in [0.1, 0.15) is 5.82 Å². The minimum absolute atomic E-state index is 0.00276. The fraction of sp³-hybridized carbons (Fsp3) is 0.190. The Hall–Kier alpha value is -2.75. The molecule has 0 saturated carbocycles. The van der Waals surface area contributed by atoms with Gasteiger partial charge in [-0.2, -0.15) is 0 Å². The van der Waals surface area contributed by atoms with Crippen molar-refractivity contribution < 1.29 is 17.6 Å². The maximum atomic E-state index is 13.1. The number of amides is 1. The molecule has 0 aliphatic heterocycles. The highest BCUT2D eigenvalue weighted by Crippen LogP contribution is 2.24. The maximum Gasteiger partial charge on any atom is 0.261 e. The average Bonchev–Trinajstić information content (AvgIpc) is 3.22. The molecule has 1 unspecified atom stereocenters. The third kappa shape index (κ3) is 5.24. The van der Waals surface area contributed by atoms with Gasteiger partial charge in [-0.05, 0) is 61.9 Å². The van der Waals surface area contributed by atoms with E-state index in [1.807, 2.05) is 36.5 Å². The molecule has 0 saturated heterocycles. The molecule has 1 amide bonds. The summed E-state index contributed by atoms with van der Waals surface area (Å²) in [6.07, 6.45) is 0. The minimum Gasteiger partial charge on any atom is -0.350 e. The first kappa shape index (κ1) is 21.9. The number of anilines is 1. The van der Waals surface area contributed by atoms with E-state index in [1.54, 1.807) is 29.5 Å². The van der Waals surface area contributed by atoms with Gasteiger partial charge in [-0.15, -0.1) is 11.3 Å². The molecule has 0 radical (unpaired) electrons. The fourth-order valence-electron chi connectivity index (χ4n) is 2.89. The van der Waals surface area contributed by atoms with Gasteiger partial charge in [0.2, 0.25) is 0 Å². The molecule has 0 fully saturated rings. The lowest BCUT2D eigenvalue weighted by atomic mass is 10.1. The third-order valence-electron chi connectivity index (χ3n) is 4.49. The van der Waals surface area contributed by atoms with Gasteiger partial charge in [-0.1, -0.05) is 18.2 Å². The number of sulfonamides is 1. The van der Waals surface area contributed by atoms with E-state index >= 15 is 0 Å². The summed E-state index contributed by atoms with van der Waals surface area (Å²) in [4.78, 5) is 15.9. The first-order valence-electron chi connectivity index (χ1n) is 9.13. The number of likely N-dealkylation sites (N-methyl/N-ethyl adjacent to an activating group) is 1. The van der Waals surface area contributed by atoms with Crippen LogP contribution in [0.25, 0.3) is 0 Å². The van der Waals surface area contributed by atoms with Crippen molar-refractivity contribution in [3.63, 3.8) is 0 Å². The van der Waals surface area contributed by atoms with Crippen molar-refractivity contribution >= 4 is 33.0 Å². The number of nitrogens with zero attached hydrogens (tertiary/aromatic N) is 1. The maximum absolute atomic E-state index is 13.1. The van der Waals surface area contributed by atoms with Crippen LogP contribution in [0.4, 0.5) is 10.1 Å². The van der Waals surface area contributed by atoms with Crippen LogP contribution in [-0.4, -0.2) is 39.9 Å². The van der Waals surface area contributed by atoms with Crippen LogP contribution in [0.2, 0.25) is 0 Å². The van der Waals surface area contributed by atoms with Crippen LogP contribution in [0.3, 0.4) is 0 Å². The molecule has 2 aromatic carbocycles. The molecular weight excluding hydrogens is 425 g/mol. The number of para-hydroxylation sites is 1. The second-order valence-corrected chi connectivity index (χ2v) is 9.47. The van der Waals surface area contributed by atoms with Crippen LogP contribution in [-0.2, 0) is 10.0 Å². The van der Waals surface area contributed by atoms with Gasteiger partial charge in [0.15, 0.2) is 0 Å². The summed E-state index contributed by atoms with van der Waals surface area (Å²) in [5.74, 6) is -0.925. The normalized spacial score (nSPS) is 12.5. The number of carbonyl (C=O) groups is 1. The molecule has 0 aliphatic carbocycles. The second-order valence-electron chi connectivity index (χ2n) is 6.81. The van der Waals surface area contributed by atoms with E-state index in [0.717, 1.165) is 17.0 Å². The number of benzene rings is 2. The highest BCUT2D eigenvalue weighted by molar-refractivity contribution is 7.92. The lowest BCUT2D eigenvalue weighted by Gasteiger charge is -2.23. The molecule has 1 aromatic heterocycles. The van der Waals surface area contributed by atoms with E-state index in [9.17, 15) is 17.6 Å². The Labute approximate surface area is 179 Å². The minimum atomic E-state index is -3.97. The molecule has 158 valence electrons. The first-order chi connectivity index (χ1) is 14.3. The van der Waals surface area contributed by atoms with E-state index in [4.69, 9.17) is 0 Å². The second kappa shape index (κ2) is 9.38. The SMILES string of the molecule is CN(C)C(CNC(=O)c1ccccc1NS(=O)(=O)c1ccc(F)cc1)c1cccs1. The summed E-state index contributed by atoms with van der Waals surface area (Å²) in [7, 11) is -0.106. The predicted molar refractivity (Wildman–Crippen MR) is 117 cm³/mol. The Bertz CT molecular complexity index is 1100. The zero-order chi connectivity index (χ0) is 21.7. The molecule has 1 atom stereocenters. The van der Waals surface area contributed by atoms with Crippen molar-refractivity contribution in [2.75, 3.05) is 25.4 Å². The van der Waals surface area contributed by atoms with Crippen LogP contribution in [0.1, 0.15) is 21.3 Å². The molecule has 0 bridgehead atoms. The van der Waals surface area contributed by atoms with Gasteiger partial charge in [-0.3, -0.25) is 9.52 Å². The molecule has 0 spiro atoms. The Morgan fingerprint density at radius 1 is 1.07 bits per heavy atom. The van der Waals surface area contributed by atoms with Gasteiger partial charge < -0.3 is 10.2 Å². The number of carbonyl (C=O) groups excluding carboxylic acids is 1. The number of halogens is 1. The summed E-state index contributed by atoms with van der Waals surface area (Å²) in [6, 6.07) is 14.8. The van der Waals surface area contributed by atoms with Crippen molar-refractivity contribution in [3.8, 4) is 0 Å². The van der Waals surface area contributed by atoms with Crippen LogP contribution >= 0.6 is 11.3 Å². The number of thiophene rings is 1. The Morgan fingerprint density at radius 3 is 2.40 bits per heavy atom. The smallest absolute Gasteiger partial charge is 0.261 e. The molecule has 6 nitrogen and oxygen atoms in total. The summed E-state index contributed by atoms with van der Waals surface area (Å²) >= 11 is 1.61. The highest BCUT2D eigenvalue weighted by atomic mass is 32.2. The van der Waals surface area contributed by atoms with Gasteiger partial charge >= 0.3 is 0 Å². The van der Waals surface area contributed by atoms with Crippen LogP contribution in [0.15, 0.2) is 70.9 Å². The largest absolute Gasteiger partial charge is 0.350 e. The van der Waals surface area contributed by atoms with E-state index < -0.39 is 21.7 Å². The summed E-state index contributed by atoms with van der Waals surface area (Å²) in [5, 5.41) is 4.86. The van der Waals surface area contributed by atoms with Crippen molar-refractivity contribution in [1.82, 2.24) is 10.2 Å². The number of hydrogen-bond donors (Lipinski definition) is 2. The van der Waals surface area contributed by atoms with Crippen LogP contribution < -0.4 is 10.0 Å². The number of rotatable bonds is 8. The summed E-state index contributed by atoms with van der Waals surface area (Å²) < 4.78 is 40.8. The van der Waals surface area contributed by atoms with Crippen LogP contribution in [0, 0.1) is 5.82 Å². The van der Waals surface area contributed by atoms with E-state index in [1.165, 1.54) is 18.2 Å². The zero-order valence-electron chi connectivity index (χ0n) is 16.5. The Morgan fingerprint density at radius 2 is 1.77 bits per heavy atom. The highest BCUT2D eigenvalue weighted by Gasteiger charge is 2.21. The fourth-order valence-corrected chi connectivity index (χ4v) is 4.89. The Kier molecular flexibility index (Phi) is 6.86. The molecule has 0 aliphatic rings. The standard InChI is InChI=1S/C21H22FN3O3S2/c1-25(2)19(20-8-5-13-29-20)14-23-21(26)17-6-3-4-7-18(17)24-30(27,28)16-11-9-15(22)10-12-16/h3-13,19,24H,14H2,1-2H3,(H,23,26). The van der Waals surface area contributed by atoms with Gasteiger partial charge in [0, 0.05) is 11.4 Å². The molecule has 1 heterocycles. The van der Waals surface area contributed by atoms with Crippen molar-refractivity contribution in [1.29, 1.82) is 0 Å². The molecular formula is C21H22FN3O3S2. The van der Waals surface area contributed by atoms with E-state index in [2.05, 4.69) is 10.0 Å². The van der Waals surface area contributed by atoms with E-state index in [-0.39, 0.29) is 22.2 Å². The lowest BCUT2D eigenvalue weighted by Crippen LogP contribution is -2.34. The van der Waals surface area contributed by atoms with Crippen LogP contribution in [0.5, 0.6) is 0 Å². The molecule has 30 heavy (non-hydrogen) atoms. The first-order valence-corrected chi connectivity index (χ1v) is 11.5. The summed E-state index contributed by atoms with van der Waals surface area (Å²) in [6.45, 7) is 0.366. The van der Waals surface area contributed by atoms with Gasteiger partial charge in [-0.25, -0.2) is 12.8 Å². The molecule has 3 rings (SSSR count). The zero-order valence-corrected chi connectivity index (χ0v) is 18.1. The number of hydrogen-bond acceptors (Lipinski definition) is 5. The Balaban J connectivity index is 1.77. The van der Waals surface area contributed by atoms with Crippen molar-refractivity contribution in [2.24, 2.45) is 0 Å². The average molecular weight is 448 g/mol. The lowest BCUT2D eigenvalue weighted by molar-refractivity contribution is 0.0943. The topological polar surface area (TPSA) is 78.5 Å². The number of nitrogens with one attached hydrogen (secondary N) is 2. The summed E-state index contributed by atoms with van der Waals surface area (Å²) in [5.41, 5.74) is 0.351. The molecule has 2 N–H and O–H groups in total. The quantitative estimate of drug-likeness (QED) is 0.552. The third-order valence-corrected chi connectivity index (χ3v) is 6.85. The molecule has 9 heteroatoms.